The van der Waals surface area contributed by atoms with Crippen molar-refractivity contribution in [2.45, 2.75) is 38.1 Å². The van der Waals surface area contributed by atoms with E-state index in [-0.39, 0.29) is 5.41 Å². The summed E-state index contributed by atoms with van der Waals surface area (Å²) in [5.74, 6) is 0. The fourth-order valence-corrected chi connectivity index (χ4v) is 2.57. The molecule has 1 aromatic heterocycles. The van der Waals surface area contributed by atoms with Gasteiger partial charge < -0.3 is 14.6 Å². The molecule has 1 unspecified atom stereocenters. The molecule has 0 bridgehead atoms. The molecule has 17 heavy (non-hydrogen) atoms. The molecular weight excluding hydrogens is 214 g/mol. The Morgan fingerprint density at radius 1 is 1.53 bits per heavy atom. The van der Waals surface area contributed by atoms with Crippen molar-refractivity contribution < 1.29 is 4.74 Å². The Morgan fingerprint density at radius 2 is 2.41 bits per heavy atom. The van der Waals surface area contributed by atoms with Crippen LogP contribution in [0.3, 0.4) is 0 Å². The molecule has 1 N–H and O–H groups in total. The van der Waals surface area contributed by atoms with Gasteiger partial charge in [-0.25, -0.2) is 4.98 Å². The Hall–Kier alpha value is -0.870. The maximum absolute atomic E-state index is 5.08. The van der Waals surface area contributed by atoms with Crippen LogP contribution in [0.1, 0.15) is 31.9 Å². The van der Waals surface area contributed by atoms with Crippen LogP contribution in [0.5, 0.6) is 0 Å². The van der Waals surface area contributed by atoms with Crippen LogP contribution < -0.4 is 5.32 Å². The standard InChI is InChI=1S/C13H23N3O/c1-13(5-6-14-10-13)12-9-15-11-16(12)7-3-4-8-17-2/h9,11,14H,3-8,10H2,1-2H3. The van der Waals surface area contributed by atoms with Gasteiger partial charge in [0.15, 0.2) is 0 Å². The largest absolute Gasteiger partial charge is 0.385 e. The van der Waals surface area contributed by atoms with E-state index in [0.29, 0.717) is 0 Å². The number of imidazole rings is 1. The lowest BCUT2D eigenvalue weighted by atomic mass is 9.86. The number of hydrogen-bond donors (Lipinski definition) is 1. The molecular formula is C13H23N3O. The molecule has 4 nitrogen and oxygen atoms in total. The van der Waals surface area contributed by atoms with Crippen LogP contribution in [-0.4, -0.2) is 36.4 Å². The third-order valence-electron chi connectivity index (χ3n) is 3.70. The molecule has 0 amide bonds. The maximum atomic E-state index is 5.08. The second-order valence-electron chi connectivity index (χ2n) is 5.16. The van der Waals surface area contributed by atoms with Crippen molar-refractivity contribution in [1.29, 1.82) is 0 Å². The predicted molar refractivity (Wildman–Crippen MR) is 68.2 cm³/mol. The monoisotopic (exact) mass is 237 g/mol. The van der Waals surface area contributed by atoms with Crippen LogP contribution in [0.4, 0.5) is 0 Å². The smallest absolute Gasteiger partial charge is 0.0948 e. The van der Waals surface area contributed by atoms with Crippen LogP contribution in [-0.2, 0) is 16.7 Å². The molecule has 4 heteroatoms. The Morgan fingerprint density at radius 3 is 3.12 bits per heavy atom. The first kappa shape index (κ1) is 12.6. The van der Waals surface area contributed by atoms with Gasteiger partial charge in [0, 0.05) is 44.1 Å². The van der Waals surface area contributed by atoms with Crippen LogP contribution in [0.15, 0.2) is 12.5 Å². The second-order valence-corrected chi connectivity index (χ2v) is 5.16. The topological polar surface area (TPSA) is 39.1 Å². The molecule has 0 aromatic carbocycles. The summed E-state index contributed by atoms with van der Waals surface area (Å²) in [5.41, 5.74) is 1.64. The zero-order valence-corrected chi connectivity index (χ0v) is 10.9. The van der Waals surface area contributed by atoms with Crippen molar-refractivity contribution in [3.63, 3.8) is 0 Å². The van der Waals surface area contributed by atoms with Gasteiger partial charge >= 0.3 is 0 Å². The van der Waals surface area contributed by atoms with Crippen molar-refractivity contribution in [3.05, 3.63) is 18.2 Å². The lowest BCUT2D eigenvalue weighted by molar-refractivity contribution is 0.191. The van der Waals surface area contributed by atoms with E-state index < -0.39 is 0 Å². The second kappa shape index (κ2) is 5.65. The molecule has 1 aliphatic heterocycles. The Balaban J connectivity index is 1.96. The van der Waals surface area contributed by atoms with Crippen molar-refractivity contribution >= 4 is 0 Å². The highest BCUT2D eigenvalue weighted by Crippen LogP contribution is 2.29. The summed E-state index contributed by atoms with van der Waals surface area (Å²) >= 11 is 0. The van der Waals surface area contributed by atoms with Gasteiger partial charge in [-0.05, 0) is 25.8 Å². The number of nitrogens with one attached hydrogen (secondary N) is 1. The van der Waals surface area contributed by atoms with E-state index in [1.807, 2.05) is 12.5 Å². The average molecular weight is 237 g/mol. The van der Waals surface area contributed by atoms with Gasteiger partial charge in [-0.1, -0.05) is 6.92 Å². The van der Waals surface area contributed by atoms with Crippen LogP contribution >= 0.6 is 0 Å². The third kappa shape index (κ3) is 2.87. The van der Waals surface area contributed by atoms with Crippen LogP contribution in [0.25, 0.3) is 0 Å². The minimum absolute atomic E-state index is 0.262. The number of ether oxygens (including phenoxy) is 1. The minimum atomic E-state index is 0.262. The van der Waals surface area contributed by atoms with Crippen molar-refractivity contribution in [1.82, 2.24) is 14.9 Å². The number of aryl methyl sites for hydroxylation is 1. The van der Waals surface area contributed by atoms with E-state index in [0.717, 1.165) is 39.1 Å². The lowest BCUT2D eigenvalue weighted by Crippen LogP contribution is -2.28. The predicted octanol–water partition coefficient (Wildman–Crippen LogP) is 1.56. The molecule has 96 valence electrons. The summed E-state index contributed by atoms with van der Waals surface area (Å²) in [5, 5.41) is 3.44. The zero-order valence-electron chi connectivity index (χ0n) is 10.9. The Kier molecular flexibility index (Phi) is 4.18. The molecule has 0 spiro atoms. The maximum Gasteiger partial charge on any atom is 0.0948 e. The summed E-state index contributed by atoms with van der Waals surface area (Å²) in [6, 6.07) is 0. The highest BCUT2D eigenvalue weighted by Gasteiger charge is 2.33. The highest BCUT2D eigenvalue weighted by atomic mass is 16.5. The van der Waals surface area contributed by atoms with Crippen LogP contribution in [0.2, 0.25) is 0 Å². The Bertz CT molecular complexity index is 342. The van der Waals surface area contributed by atoms with Gasteiger partial charge in [-0.15, -0.1) is 0 Å². The SMILES string of the molecule is COCCCCn1cncc1C1(C)CCNC1. The first-order valence-corrected chi connectivity index (χ1v) is 6.46. The van der Waals surface area contributed by atoms with Crippen molar-refractivity contribution in [3.8, 4) is 0 Å². The number of nitrogens with zero attached hydrogens (tertiary/aromatic N) is 2. The quantitative estimate of drug-likeness (QED) is 0.763. The molecule has 0 aliphatic carbocycles. The zero-order chi connectivity index (χ0) is 12.1. The van der Waals surface area contributed by atoms with Gasteiger partial charge in [0.2, 0.25) is 0 Å². The van der Waals surface area contributed by atoms with Crippen molar-refractivity contribution in [2.24, 2.45) is 0 Å². The summed E-state index contributed by atoms with van der Waals surface area (Å²) in [4.78, 5) is 4.31. The number of aromatic nitrogens is 2. The number of unbranched alkanes of at least 4 members (excludes halogenated alkanes) is 1. The summed E-state index contributed by atoms with van der Waals surface area (Å²) < 4.78 is 7.38. The number of rotatable bonds is 6. The lowest BCUT2D eigenvalue weighted by Gasteiger charge is -2.24. The van der Waals surface area contributed by atoms with E-state index in [4.69, 9.17) is 4.74 Å². The van der Waals surface area contributed by atoms with E-state index in [1.165, 1.54) is 12.1 Å². The molecule has 0 radical (unpaired) electrons. The van der Waals surface area contributed by atoms with Gasteiger partial charge in [-0.2, -0.15) is 0 Å². The molecule has 1 saturated heterocycles. The first-order chi connectivity index (χ1) is 8.26. The molecule has 1 fully saturated rings. The van der Waals surface area contributed by atoms with Gasteiger partial charge in [0.1, 0.15) is 0 Å². The summed E-state index contributed by atoms with van der Waals surface area (Å²) in [6.07, 6.45) is 7.47. The number of hydrogen-bond acceptors (Lipinski definition) is 3. The van der Waals surface area contributed by atoms with E-state index >= 15 is 0 Å². The molecule has 2 rings (SSSR count). The highest BCUT2D eigenvalue weighted by molar-refractivity contribution is 5.17. The van der Waals surface area contributed by atoms with E-state index in [9.17, 15) is 0 Å². The molecule has 1 atom stereocenters. The fraction of sp³-hybridized carbons (Fsp3) is 0.769. The summed E-state index contributed by atoms with van der Waals surface area (Å²) in [7, 11) is 1.76. The van der Waals surface area contributed by atoms with Crippen LogP contribution in [0, 0.1) is 0 Å². The first-order valence-electron chi connectivity index (χ1n) is 6.46. The Labute approximate surface area is 103 Å². The normalized spacial score (nSPS) is 24.4. The average Bonchev–Trinajstić information content (AvgIpc) is 2.94. The number of methoxy groups -OCH3 is 1. The fourth-order valence-electron chi connectivity index (χ4n) is 2.57. The molecule has 0 saturated carbocycles. The van der Waals surface area contributed by atoms with Gasteiger partial charge in [0.25, 0.3) is 0 Å². The van der Waals surface area contributed by atoms with Gasteiger partial charge in [-0.3, -0.25) is 0 Å². The van der Waals surface area contributed by atoms with E-state index in [2.05, 4.69) is 21.8 Å². The molecule has 1 aliphatic rings. The summed E-state index contributed by atoms with van der Waals surface area (Å²) in [6.45, 7) is 6.41. The third-order valence-corrected chi connectivity index (χ3v) is 3.70. The van der Waals surface area contributed by atoms with E-state index in [1.54, 1.807) is 7.11 Å². The minimum Gasteiger partial charge on any atom is -0.385 e. The molecule has 2 heterocycles. The van der Waals surface area contributed by atoms with Gasteiger partial charge in [0.05, 0.1) is 6.33 Å². The van der Waals surface area contributed by atoms with Crippen molar-refractivity contribution in [2.75, 3.05) is 26.8 Å². The molecule has 1 aromatic rings.